The lowest BCUT2D eigenvalue weighted by Gasteiger charge is -2.21. The number of aryl methyl sites for hydroxylation is 2. The summed E-state index contributed by atoms with van der Waals surface area (Å²) < 4.78 is 0. The molecule has 4 heteroatoms. The number of hydrogen-bond donors (Lipinski definition) is 0. The number of unbranched alkanes of at least 4 members (excludes halogenated alkanes) is 10. The van der Waals surface area contributed by atoms with E-state index in [0.29, 0.717) is 0 Å². The first-order chi connectivity index (χ1) is 18.3. The second-order valence-corrected chi connectivity index (χ2v) is 10.6. The molecular weight excluding hydrogens is 452 g/mol. The van der Waals surface area contributed by atoms with Crippen LogP contribution in [0, 0.1) is 0 Å². The van der Waals surface area contributed by atoms with Gasteiger partial charge in [-0.3, -0.25) is 0 Å². The van der Waals surface area contributed by atoms with E-state index in [4.69, 9.17) is 9.97 Å². The Balaban J connectivity index is 1.34. The Morgan fingerprint density at radius 2 is 0.892 bits per heavy atom. The maximum Gasteiger partial charge on any atom is 0.178 e. The van der Waals surface area contributed by atoms with Crippen molar-refractivity contribution in [1.29, 1.82) is 0 Å². The largest absolute Gasteiger partial charge is 0.305 e. The molecule has 198 valence electrons. The zero-order chi connectivity index (χ0) is 25.7. The van der Waals surface area contributed by atoms with Crippen LogP contribution in [0.15, 0.2) is 60.9 Å². The van der Waals surface area contributed by atoms with Gasteiger partial charge in [-0.25, -0.2) is 9.97 Å². The van der Waals surface area contributed by atoms with Crippen LogP contribution >= 0.6 is 0 Å². The van der Waals surface area contributed by atoms with Crippen LogP contribution < -0.4 is 9.80 Å². The molecule has 37 heavy (non-hydrogen) atoms. The van der Waals surface area contributed by atoms with Crippen molar-refractivity contribution in [3.63, 3.8) is 0 Å². The summed E-state index contributed by atoms with van der Waals surface area (Å²) in [6, 6.07) is 18.1. The predicted molar refractivity (Wildman–Crippen MR) is 158 cm³/mol. The van der Waals surface area contributed by atoms with E-state index < -0.39 is 0 Å². The van der Waals surface area contributed by atoms with Crippen molar-refractivity contribution in [3.05, 3.63) is 72.1 Å². The Morgan fingerprint density at radius 1 is 0.514 bits per heavy atom. The second-order valence-electron chi connectivity index (χ2n) is 10.6. The van der Waals surface area contributed by atoms with Gasteiger partial charge >= 0.3 is 0 Å². The van der Waals surface area contributed by atoms with Gasteiger partial charge in [0.05, 0.1) is 0 Å². The summed E-state index contributed by atoms with van der Waals surface area (Å²) >= 11 is 0. The lowest BCUT2D eigenvalue weighted by molar-refractivity contribution is 0.607. The molecule has 0 aliphatic carbocycles. The molecule has 1 aliphatic heterocycles. The highest BCUT2D eigenvalue weighted by Crippen LogP contribution is 2.41. The first kappa shape index (κ1) is 27.2. The fraction of sp³-hybridized carbons (Fsp3) is 0.515. The van der Waals surface area contributed by atoms with Crippen molar-refractivity contribution in [2.24, 2.45) is 0 Å². The zero-order valence-electron chi connectivity index (χ0n) is 23.2. The van der Waals surface area contributed by atoms with E-state index in [9.17, 15) is 0 Å². The number of benzene rings is 2. The zero-order valence-corrected chi connectivity index (χ0v) is 23.2. The Kier molecular flexibility index (Phi) is 10.8. The summed E-state index contributed by atoms with van der Waals surface area (Å²) in [5.74, 6) is 1.87. The highest BCUT2D eigenvalue weighted by Gasteiger charge is 2.30. The van der Waals surface area contributed by atoms with Gasteiger partial charge in [0.2, 0.25) is 0 Å². The Morgan fingerprint density at radius 3 is 1.30 bits per heavy atom. The molecule has 4 nitrogen and oxygen atoms in total. The molecule has 0 fully saturated rings. The molecule has 4 rings (SSSR count). The van der Waals surface area contributed by atoms with Crippen molar-refractivity contribution >= 4 is 23.0 Å². The molecule has 0 amide bonds. The minimum Gasteiger partial charge on any atom is -0.305 e. The molecule has 0 spiro atoms. The lowest BCUT2D eigenvalue weighted by atomic mass is 10.0. The van der Waals surface area contributed by atoms with Crippen LogP contribution in [0.1, 0.15) is 102 Å². The van der Waals surface area contributed by atoms with Crippen molar-refractivity contribution in [2.45, 2.75) is 104 Å². The number of aromatic nitrogens is 2. The van der Waals surface area contributed by atoms with E-state index in [1.54, 1.807) is 12.4 Å². The molecule has 0 unspecified atom stereocenters. The summed E-state index contributed by atoms with van der Waals surface area (Å²) in [7, 11) is 0. The van der Waals surface area contributed by atoms with Gasteiger partial charge in [0, 0.05) is 23.8 Å². The molecule has 0 atom stereocenters. The Hall–Kier alpha value is -2.88. The molecule has 1 aromatic heterocycles. The maximum absolute atomic E-state index is 4.71. The van der Waals surface area contributed by atoms with Crippen molar-refractivity contribution in [3.8, 4) is 0 Å². The van der Waals surface area contributed by atoms with Crippen LogP contribution in [-0.2, 0) is 12.8 Å². The standard InChI is InChI=1S/C33H46N4/c1-3-5-7-9-11-13-15-28-17-21-30(22-18-28)36-27-37(33-32(36)34-25-26-35-33)31-23-19-29(20-24-31)16-14-12-10-8-6-4-2/h17-26H,3-16,27H2,1-2H3. The molecule has 0 saturated carbocycles. The number of nitrogens with zero attached hydrogens (tertiary/aromatic N) is 4. The van der Waals surface area contributed by atoms with E-state index in [2.05, 4.69) is 72.2 Å². The molecule has 3 aromatic rings. The fourth-order valence-corrected chi connectivity index (χ4v) is 5.29. The van der Waals surface area contributed by atoms with Crippen LogP contribution in [0.4, 0.5) is 23.0 Å². The molecule has 0 bridgehead atoms. The van der Waals surface area contributed by atoms with Gasteiger partial charge in [-0.1, -0.05) is 102 Å². The third-order valence-electron chi connectivity index (χ3n) is 7.59. The normalized spacial score (nSPS) is 12.8. The quantitative estimate of drug-likeness (QED) is 0.184. The third-order valence-corrected chi connectivity index (χ3v) is 7.59. The monoisotopic (exact) mass is 498 g/mol. The van der Waals surface area contributed by atoms with Crippen molar-refractivity contribution in [2.75, 3.05) is 16.5 Å². The molecular formula is C33H46N4. The molecule has 0 saturated heterocycles. The van der Waals surface area contributed by atoms with Gasteiger partial charge in [0.15, 0.2) is 11.6 Å². The lowest BCUT2D eigenvalue weighted by Crippen LogP contribution is -2.24. The fourth-order valence-electron chi connectivity index (χ4n) is 5.29. The summed E-state index contributed by atoms with van der Waals surface area (Å²) in [6.07, 6.45) is 22.0. The van der Waals surface area contributed by atoms with Gasteiger partial charge in [-0.15, -0.1) is 0 Å². The molecule has 2 heterocycles. The number of anilines is 4. The third kappa shape index (κ3) is 7.80. The van der Waals surface area contributed by atoms with Crippen LogP contribution in [0.3, 0.4) is 0 Å². The van der Waals surface area contributed by atoms with E-state index >= 15 is 0 Å². The average Bonchev–Trinajstić information content (AvgIpc) is 3.33. The maximum atomic E-state index is 4.71. The second kappa shape index (κ2) is 14.8. The van der Waals surface area contributed by atoms with E-state index in [1.165, 1.54) is 112 Å². The molecule has 1 aliphatic rings. The van der Waals surface area contributed by atoms with E-state index in [1.807, 2.05) is 0 Å². The first-order valence-corrected chi connectivity index (χ1v) is 14.8. The highest BCUT2D eigenvalue weighted by atomic mass is 15.4. The van der Waals surface area contributed by atoms with Gasteiger partial charge in [0.25, 0.3) is 0 Å². The molecule has 0 N–H and O–H groups in total. The number of hydrogen-bond acceptors (Lipinski definition) is 4. The van der Waals surface area contributed by atoms with Crippen LogP contribution in [0.2, 0.25) is 0 Å². The SMILES string of the molecule is CCCCCCCCc1ccc(N2CN(c3ccc(CCCCCCCC)cc3)c3nccnc32)cc1. The van der Waals surface area contributed by atoms with Crippen LogP contribution in [0.5, 0.6) is 0 Å². The number of fused-ring (bicyclic) bond motifs is 1. The molecule has 2 aromatic carbocycles. The van der Waals surface area contributed by atoms with Gasteiger partial charge in [-0.05, 0) is 61.1 Å². The summed E-state index contributed by atoms with van der Waals surface area (Å²) in [4.78, 5) is 14.0. The Labute approximate surface area is 225 Å². The van der Waals surface area contributed by atoms with Crippen molar-refractivity contribution in [1.82, 2.24) is 9.97 Å². The average molecular weight is 499 g/mol. The Bertz CT molecular complexity index is 960. The van der Waals surface area contributed by atoms with E-state index in [0.717, 1.165) is 18.3 Å². The van der Waals surface area contributed by atoms with Crippen LogP contribution in [-0.4, -0.2) is 16.6 Å². The first-order valence-electron chi connectivity index (χ1n) is 14.8. The molecule has 0 radical (unpaired) electrons. The van der Waals surface area contributed by atoms with Gasteiger partial charge < -0.3 is 9.80 Å². The highest BCUT2D eigenvalue weighted by molar-refractivity contribution is 5.81. The van der Waals surface area contributed by atoms with Crippen LogP contribution in [0.25, 0.3) is 0 Å². The smallest absolute Gasteiger partial charge is 0.178 e. The van der Waals surface area contributed by atoms with E-state index in [-0.39, 0.29) is 0 Å². The minimum absolute atomic E-state index is 0.729. The van der Waals surface area contributed by atoms with Gasteiger partial charge in [0.1, 0.15) is 6.67 Å². The van der Waals surface area contributed by atoms with Crippen molar-refractivity contribution < 1.29 is 0 Å². The minimum atomic E-state index is 0.729. The number of rotatable bonds is 16. The summed E-state index contributed by atoms with van der Waals surface area (Å²) in [5, 5.41) is 0. The van der Waals surface area contributed by atoms with Gasteiger partial charge in [-0.2, -0.15) is 0 Å². The summed E-state index contributed by atoms with van der Waals surface area (Å²) in [6.45, 7) is 5.28. The topological polar surface area (TPSA) is 32.3 Å². The predicted octanol–water partition coefficient (Wildman–Crippen LogP) is 9.53. The summed E-state index contributed by atoms with van der Waals surface area (Å²) in [5.41, 5.74) is 5.21.